The van der Waals surface area contributed by atoms with Gasteiger partial charge in [0.15, 0.2) is 0 Å². The monoisotopic (exact) mass is 223 g/mol. The minimum atomic E-state index is 0.00677. The van der Waals surface area contributed by atoms with Crippen LogP contribution in [0.4, 0.5) is 0 Å². The lowest BCUT2D eigenvalue weighted by atomic mass is 10.1. The summed E-state index contributed by atoms with van der Waals surface area (Å²) in [7, 11) is 0. The van der Waals surface area contributed by atoms with Gasteiger partial charge >= 0.3 is 0 Å². The molecule has 0 aliphatic rings. The average Bonchev–Trinajstić information content (AvgIpc) is 2.84. The summed E-state index contributed by atoms with van der Waals surface area (Å²) < 4.78 is 5.57. The van der Waals surface area contributed by atoms with E-state index in [1.807, 2.05) is 26.0 Å². The van der Waals surface area contributed by atoms with E-state index in [0.29, 0.717) is 5.89 Å². The molecule has 4 heteroatoms. The zero-order valence-corrected chi connectivity index (χ0v) is 9.54. The van der Waals surface area contributed by atoms with Crippen LogP contribution in [0, 0.1) is 6.92 Å². The Bertz CT molecular complexity index is 447. The Morgan fingerprint density at radius 2 is 2.33 bits per heavy atom. The topological polar surface area (TPSA) is 46.3 Å². The van der Waals surface area contributed by atoms with Crippen LogP contribution >= 0.6 is 11.3 Å². The molecule has 2 heterocycles. The Balaban J connectivity index is 2.27. The van der Waals surface area contributed by atoms with E-state index in [4.69, 9.17) is 9.52 Å². The normalized spacial score (nSPS) is 13.0. The first-order valence-electron chi connectivity index (χ1n) is 4.84. The van der Waals surface area contributed by atoms with Crippen molar-refractivity contribution >= 4 is 11.3 Å². The third-order valence-corrected chi connectivity index (χ3v) is 3.22. The molecule has 0 radical (unpaired) electrons. The van der Waals surface area contributed by atoms with Gasteiger partial charge in [-0.15, -0.1) is 11.3 Å². The molecule has 0 aliphatic heterocycles. The smallest absolute Gasteiger partial charge is 0.236 e. The Hall–Kier alpha value is -1.13. The van der Waals surface area contributed by atoms with Gasteiger partial charge in [0.2, 0.25) is 5.89 Å². The second-order valence-corrected chi connectivity index (χ2v) is 4.85. The molecule has 2 rings (SSSR count). The summed E-state index contributed by atoms with van der Waals surface area (Å²) in [6.45, 7) is 4.04. The summed E-state index contributed by atoms with van der Waals surface area (Å²) in [4.78, 5) is 6.47. The second kappa shape index (κ2) is 4.16. The van der Waals surface area contributed by atoms with Crippen LogP contribution < -0.4 is 0 Å². The zero-order valence-electron chi connectivity index (χ0n) is 8.73. The molecule has 80 valence electrons. The molecule has 0 fully saturated rings. The van der Waals surface area contributed by atoms with Gasteiger partial charge in [0, 0.05) is 10.8 Å². The van der Waals surface area contributed by atoms with Crippen LogP contribution in [0.3, 0.4) is 0 Å². The number of hydrogen-bond acceptors (Lipinski definition) is 4. The minimum absolute atomic E-state index is 0.00677. The van der Waals surface area contributed by atoms with Crippen molar-refractivity contribution in [2.45, 2.75) is 19.8 Å². The zero-order chi connectivity index (χ0) is 10.8. The predicted molar refractivity (Wildman–Crippen MR) is 60.1 cm³/mol. The molecule has 1 unspecified atom stereocenters. The van der Waals surface area contributed by atoms with E-state index in [9.17, 15) is 0 Å². The standard InChI is InChI=1S/C11H13NO2S/c1-7(6-13)9-5-12-11(14-9)10-4-3-8(2)15-10/h3-5,7,13H,6H2,1-2H3. The van der Waals surface area contributed by atoms with Gasteiger partial charge in [-0.2, -0.15) is 0 Å². The third-order valence-electron chi connectivity index (χ3n) is 2.23. The van der Waals surface area contributed by atoms with Gasteiger partial charge in [-0.1, -0.05) is 6.92 Å². The fourth-order valence-corrected chi connectivity index (χ4v) is 2.07. The van der Waals surface area contributed by atoms with Crippen molar-refractivity contribution in [3.8, 4) is 10.8 Å². The van der Waals surface area contributed by atoms with E-state index in [2.05, 4.69) is 4.98 Å². The molecule has 0 spiro atoms. The van der Waals surface area contributed by atoms with Crippen molar-refractivity contribution in [1.82, 2.24) is 4.98 Å². The van der Waals surface area contributed by atoms with Gasteiger partial charge in [0.1, 0.15) is 5.76 Å². The highest BCUT2D eigenvalue weighted by Crippen LogP contribution is 2.28. The first kappa shape index (κ1) is 10.4. The Morgan fingerprint density at radius 3 is 2.93 bits per heavy atom. The molecular weight excluding hydrogens is 210 g/mol. The molecule has 2 aromatic rings. The van der Waals surface area contributed by atoms with Gasteiger partial charge in [0.25, 0.3) is 0 Å². The molecule has 1 N–H and O–H groups in total. The van der Waals surface area contributed by atoms with Crippen LogP contribution in [0.15, 0.2) is 22.7 Å². The fourth-order valence-electron chi connectivity index (χ4n) is 1.27. The van der Waals surface area contributed by atoms with Crippen molar-refractivity contribution in [3.63, 3.8) is 0 Å². The Labute approximate surface area is 92.4 Å². The van der Waals surface area contributed by atoms with Crippen molar-refractivity contribution in [1.29, 1.82) is 0 Å². The average molecular weight is 223 g/mol. The summed E-state index contributed by atoms with van der Waals surface area (Å²) in [6, 6.07) is 4.04. The van der Waals surface area contributed by atoms with E-state index >= 15 is 0 Å². The molecule has 0 aliphatic carbocycles. The molecule has 0 amide bonds. The lowest BCUT2D eigenvalue weighted by Gasteiger charge is -2.00. The van der Waals surface area contributed by atoms with Gasteiger partial charge in [0.05, 0.1) is 17.7 Å². The number of oxazole rings is 1. The van der Waals surface area contributed by atoms with Crippen molar-refractivity contribution in [2.24, 2.45) is 0 Å². The molecule has 0 aromatic carbocycles. The lowest BCUT2D eigenvalue weighted by molar-refractivity contribution is 0.258. The molecule has 0 saturated heterocycles. The van der Waals surface area contributed by atoms with E-state index < -0.39 is 0 Å². The van der Waals surface area contributed by atoms with E-state index in [1.54, 1.807) is 17.5 Å². The van der Waals surface area contributed by atoms with Crippen molar-refractivity contribution in [2.75, 3.05) is 6.61 Å². The molecule has 0 bridgehead atoms. The maximum atomic E-state index is 8.99. The molecule has 2 aromatic heterocycles. The van der Waals surface area contributed by atoms with Crippen LogP contribution in [0.1, 0.15) is 23.5 Å². The summed E-state index contributed by atoms with van der Waals surface area (Å²) in [5.74, 6) is 1.38. The number of nitrogens with zero attached hydrogens (tertiary/aromatic N) is 1. The van der Waals surface area contributed by atoms with Crippen LogP contribution in [0.2, 0.25) is 0 Å². The number of rotatable bonds is 3. The first-order valence-corrected chi connectivity index (χ1v) is 5.65. The van der Waals surface area contributed by atoms with Crippen LogP contribution in [-0.2, 0) is 0 Å². The van der Waals surface area contributed by atoms with Gasteiger partial charge in [-0.05, 0) is 19.1 Å². The third kappa shape index (κ3) is 2.11. The van der Waals surface area contributed by atoms with Crippen LogP contribution in [0.5, 0.6) is 0 Å². The van der Waals surface area contributed by atoms with Crippen molar-refractivity contribution < 1.29 is 9.52 Å². The summed E-state index contributed by atoms with van der Waals surface area (Å²) >= 11 is 1.65. The molecule has 3 nitrogen and oxygen atoms in total. The number of hydrogen-bond donors (Lipinski definition) is 1. The number of aliphatic hydroxyl groups is 1. The van der Waals surface area contributed by atoms with Crippen molar-refractivity contribution in [3.05, 3.63) is 29.0 Å². The first-order chi connectivity index (χ1) is 7.20. The van der Waals surface area contributed by atoms with E-state index in [-0.39, 0.29) is 12.5 Å². The quantitative estimate of drug-likeness (QED) is 0.870. The molecule has 1 atom stereocenters. The Kier molecular flexibility index (Phi) is 2.88. The van der Waals surface area contributed by atoms with E-state index in [0.717, 1.165) is 10.6 Å². The highest BCUT2D eigenvalue weighted by atomic mass is 32.1. The van der Waals surface area contributed by atoms with Crippen LogP contribution in [0.25, 0.3) is 10.8 Å². The highest BCUT2D eigenvalue weighted by Gasteiger charge is 2.12. The molecule has 0 saturated carbocycles. The van der Waals surface area contributed by atoms with Gasteiger partial charge < -0.3 is 9.52 Å². The summed E-state index contributed by atoms with van der Waals surface area (Å²) in [5, 5.41) is 8.99. The highest BCUT2D eigenvalue weighted by molar-refractivity contribution is 7.15. The van der Waals surface area contributed by atoms with E-state index in [1.165, 1.54) is 4.88 Å². The number of aliphatic hydroxyl groups excluding tert-OH is 1. The number of aromatic nitrogens is 1. The van der Waals surface area contributed by atoms with Crippen LogP contribution in [-0.4, -0.2) is 16.7 Å². The maximum Gasteiger partial charge on any atom is 0.236 e. The molecular formula is C11H13NO2S. The Morgan fingerprint density at radius 1 is 1.53 bits per heavy atom. The summed E-state index contributed by atoms with van der Waals surface area (Å²) in [5.41, 5.74) is 0. The fraction of sp³-hybridized carbons (Fsp3) is 0.364. The largest absolute Gasteiger partial charge is 0.440 e. The van der Waals surface area contributed by atoms with Gasteiger partial charge in [-0.3, -0.25) is 0 Å². The van der Waals surface area contributed by atoms with Gasteiger partial charge in [-0.25, -0.2) is 4.98 Å². The number of thiophene rings is 1. The minimum Gasteiger partial charge on any atom is -0.440 e. The molecule has 15 heavy (non-hydrogen) atoms. The summed E-state index contributed by atoms with van der Waals surface area (Å²) in [6.07, 6.45) is 1.69. The lowest BCUT2D eigenvalue weighted by Crippen LogP contribution is -1.96. The number of aryl methyl sites for hydroxylation is 1. The SMILES string of the molecule is Cc1ccc(-c2ncc(C(C)CO)o2)s1. The maximum absolute atomic E-state index is 8.99. The second-order valence-electron chi connectivity index (χ2n) is 3.56. The predicted octanol–water partition coefficient (Wildman–Crippen LogP) is 2.81.